The van der Waals surface area contributed by atoms with E-state index in [1.807, 2.05) is 0 Å². The molecule has 0 aliphatic carbocycles. The Hall–Kier alpha value is -1.10. The van der Waals surface area contributed by atoms with Crippen LogP contribution in [0.1, 0.15) is 6.92 Å². The van der Waals surface area contributed by atoms with Crippen LogP contribution in [0.2, 0.25) is 0 Å². The van der Waals surface area contributed by atoms with Gasteiger partial charge in [-0.05, 0) is 25.1 Å². The number of halogens is 1. The summed E-state index contributed by atoms with van der Waals surface area (Å²) < 4.78 is 36.1. The van der Waals surface area contributed by atoms with E-state index in [1.54, 1.807) is 6.92 Å². The molecule has 0 bridgehead atoms. The van der Waals surface area contributed by atoms with Gasteiger partial charge >= 0.3 is 0 Å². The van der Waals surface area contributed by atoms with Crippen LogP contribution >= 0.6 is 0 Å². The molecule has 1 aromatic carbocycles. The van der Waals surface area contributed by atoms with Crippen LogP contribution in [0.5, 0.6) is 0 Å². The van der Waals surface area contributed by atoms with Crippen molar-refractivity contribution in [3.63, 3.8) is 0 Å². The van der Waals surface area contributed by atoms with Crippen LogP contribution in [-0.4, -0.2) is 20.2 Å². The summed E-state index contributed by atoms with van der Waals surface area (Å²) in [6, 6.07) is 3.50. The van der Waals surface area contributed by atoms with Crippen LogP contribution in [0.15, 0.2) is 23.1 Å². The van der Waals surface area contributed by atoms with Crippen molar-refractivity contribution in [2.75, 3.05) is 11.1 Å². The molecule has 0 fully saturated rings. The molecule has 0 saturated carbocycles. The van der Waals surface area contributed by atoms with Crippen molar-refractivity contribution in [3.8, 4) is 0 Å². The van der Waals surface area contributed by atoms with Crippen molar-refractivity contribution in [2.24, 2.45) is 0 Å². The molecule has 2 rings (SSSR count). The molecule has 14 heavy (non-hydrogen) atoms. The van der Waals surface area contributed by atoms with Gasteiger partial charge in [0, 0.05) is 6.04 Å². The molecule has 0 spiro atoms. The van der Waals surface area contributed by atoms with Crippen LogP contribution in [0.25, 0.3) is 0 Å². The van der Waals surface area contributed by atoms with E-state index in [4.69, 9.17) is 0 Å². The zero-order valence-corrected chi connectivity index (χ0v) is 8.44. The first kappa shape index (κ1) is 9.45. The predicted octanol–water partition coefficient (Wildman–Crippen LogP) is 1.41. The van der Waals surface area contributed by atoms with E-state index in [1.165, 1.54) is 12.1 Å². The fraction of sp³-hybridized carbons (Fsp3) is 0.333. The molecule has 1 aromatic rings. The first-order valence-corrected chi connectivity index (χ1v) is 5.93. The van der Waals surface area contributed by atoms with Gasteiger partial charge in [-0.2, -0.15) is 0 Å². The lowest BCUT2D eigenvalue weighted by Gasteiger charge is -2.23. The third kappa shape index (κ3) is 1.48. The number of anilines is 1. The Kier molecular flexibility index (Phi) is 1.99. The van der Waals surface area contributed by atoms with Crippen molar-refractivity contribution < 1.29 is 12.8 Å². The number of nitrogens with one attached hydrogen (secondary N) is 1. The van der Waals surface area contributed by atoms with Crippen molar-refractivity contribution in [3.05, 3.63) is 24.0 Å². The quantitative estimate of drug-likeness (QED) is 0.666. The monoisotopic (exact) mass is 215 g/mol. The molecule has 0 aromatic heterocycles. The van der Waals surface area contributed by atoms with Gasteiger partial charge in [-0.25, -0.2) is 12.8 Å². The molecule has 1 aliphatic rings. The maximum atomic E-state index is 12.8. The molecular formula is C9H10FNO2S. The van der Waals surface area contributed by atoms with Crippen molar-refractivity contribution in [1.29, 1.82) is 0 Å². The fourth-order valence-electron chi connectivity index (χ4n) is 1.61. The molecule has 1 unspecified atom stereocenters. The Morgan fingerprint density at radius 1 is 1.50 bits per heavy atom. The van der Waals surface area contributed by atoms with E-state index < -0.39 is 15.7 Å². The van der Waals surface area contributed by atoms with Gasteiger partial charge in [0.1, 0.15) is 5.82 Å². The van der Waals surface area contributed by atoms with Gasteiger partial charge in [-0.1, -0.05) is 0 Å². The summed E-state index contributed by atoms with van der Waals surface area (Å²) in [5, 5.41) is 2.94. The summed E-state index contributed by atoms with van der Waals surface area (Å²) in [4.78, 5) is 0.192. The summed E-state index contributed by atoms with van der Waals surface area (Å²) >= 11 is 0. The fourth-order valence-corrected chi connectivity index (χ4v) is 3.26. The minimum Gasteiger partial charge on any atom is -0.380 e. The molecule has 1 heterocycles. The van der Waals surface area contributed by atoms with Gasteiger partial charge in [0.25, 0.3) is 0 Å². The van der Waals surface area contributed by atoms with Gasteiger partial charge in [-0.3, -0.25) is 0 Å². The smallest absolute Gasteiger partial charge is 0.182 e. The Bertz CT molecular complexity index is 470. The number of hydrogen-bond acceptors (Lipinski definition) is 3. The SMILES string of the molecule is CC1CS(=O)(=O)c2ccc(F)cc2N1. The van der Waals surface area contributed by atoms with Gasteiger partial charge in [0.2, 0.25) is 0 Å². The largest absolute Gasteiger partial charge is 0.380 e. The lowest BCUT2D eigenvalue weighted by molar-refractivity contribution is 0.587. The van der Waals surface area contributed by atoms with Crippen LogP contribution in [0.3, 0.4) is 0 Å². The van der Waals surface area contributed by atoms with Gasteiger partial charge in [0.15, 0.2) is 9.84 Å². The topological polar surface area (TPSA) is 46.2 Å². The minimum atomic E-state index is -3.24. The average Bonchev–Trinajstić information content (AvgIpc) is 2.00. The Morgan fingerprint density at radius 3 is 2.93 bits per heavy atom. The normalized spacial score (nSPS) is 23.7. The minimum absolute atomic E-state index is 0.0611. The van der Waals surface area contributed by atoms with Crippen LogP contribution in [-0.2, 0) is 9.84 Å². The average molecular weight is 215 g/mol. The molecule has 1 atom stereocenters. The van der Waals surface area contributed by atoms with Crippen molar-refractivity contribution in [1.82, 2.24) is 0 Å². The summed E-state index contributed by atoms with van der Waals surface area (Å²) in [7, 11) is -3.24. The van der Waals surface area contributed by atoms with Gasteiger partial charge < -0.3 is 5.32 Å². The second-order valence-electron chi connectivity index (χ2n) is 3.47. The van der Waals surface area contributed by atoms with E-state index >= 15 is 0 Å². The first-order valence-electron chi connectivity index (χ1n) is 4.28. The number of benzene rings is 1. The molecule has 0 saturated heterocycles. The van der Waals surface area contributed by atoms with E-state index in [0.29, 0.717) is 5.69 Å². The van der Waals surface area contributed by atoms with Gasteiger partial charge in [-0.15, -0.1) is 0 Å². The van der Waals surface area contributed by atoms with Crippen LogP contribution < -0.4 is 5.32 Å². The first-order chi connectivity index (χ1) is 6.49. The molecule has 3 nitrogen and oxygen atoms in total. The summed E-state index contributed by atoms with van der Waals surface area (Å²) in [6.45, 7) is 1.76. The van der Waals surface area contributed by atoms with Crippen molar-refractivity contribution >= 4 is 15.5 Å². The maximum absolute atomic E-state index is 12.8. The molecule has 76 valence electrons. The number of hydrogen-bond donors (Lipinski definition) is 1. The third-order valence-electron chi connectivity index (χ3n) is 2.15. The molecule has 0 amide bonds. The molecule has 1 N–H and O–H groups in total. The number of sulfone groups is 1. The number of fused-ring (bicyclic) bond motifs is 1. The number of rotatable bonds is 0. The van der Waals surface area contributed by atoms with Gasteiger partial charge in [0.05, 0.1) is 16.3 Å². The molecule has 1 aliphatic heterocycles. The highest BCUT2D eigenvalue weighted by Crippen LogP contribution is 2.28. The highest BCUT2D eigenvalue weighted by Gasteiger charge is 2.27. The summed E-state index contributed by atoms with van der Waals surface area (Å²) in [5.74, 6) is -0.369. The molecule has 5 heteroatoms. The molecule has 0 radical (unpaired) electrons. The summed E-state index contributed by atoms with van der Waals surface area (Å²) in [6.07, 6.45) is 0. The van der Waals surface area contributed by atoms with Crippen LogP contribution in [0, 0.1) is 5.82 Å². The van der Waals surface area contributed by atoms with E-state index in [9.17, 15) is 12.8 Å². The van der Waals surface area contributed by atoms with E-state index in [-0.39, 0.29) is 16.7 Å². The highest BCUT2D eigenvalue weighted by molar-refractivity contribution is 7.91. The maximum Gasteiger partial charge on any atom is 0.182 e. The Labute approximate surface area is 81.9 Å². The zero-order valence-electron chi connectivity index (χ0n) is 7.62. The Balaban J connectivity index is 2.64. The van der Waals surface area contributed by atoms with Crippen LogP contribution in [0.4, 0.5) is 10.1 Å². The van der Waals surface area contributed by atoms with Crippen molar-refractivity contribution in [2.45, 2.75) is 17.9 Å². The second-order valence-corrected chi connectivity index (χ2v) is 5.47. The third-order valence-corrected chi connectivity index (χ3v) is 4.11. The zero-order chi connectivity index (χ0) is 10.3. The lowest BCUT2D eigenvalue weighted by atomic mass is 10.2. The predicted molar refractivity (Wildman–Crippen MR) is 51.5 cm³/mol. The highest BCUT2D eigenvalue weighted by atomic mass is 32.2. The van der Waals surface area contributed by atoms with E-state index in [2.05, 4.69) is 5.32 Å². The molecular weight excluding hydrogens is 205 g/mol. The summed E-state index contributed by atoms with van der Waals surface area (Å²) in [5.41, 5.74) is 0.365. The lowest BCUT2D eigenvalue weighted by Crippen LogP contribution is -2.31. The Morgan fingerprint density at radius 2 is 2.21 bits per heavy atom. The second kappa shape index (κ2) is 2.95. The van der Waals surface area contributed by atoms with E-state index in [0.717, 1.165) is 6.07 Å². The standard InChI is InChI=1S/C9H10FNO2S/c1-6-5-14(12,13)9-3-2-7(10)4-8(9)11-6/h2-4,6,11H,5H2,1H3.